The predicted octanol–water partition coefficient (Wildman–Crippen LogP) is -0.0970. The number of methoxy groups -OCH3 is 2. The lowest BCUT2D eigenvalue weighted by molar-refractivity contribution is -0.342. The van der Waals surface area contributed by atoms with Crippen molar-refractivity contribution in [2.45, 2.75) is 61.2 Å². The van der Waals surface area contributed by atoms with E-state index in [0.29, 0.717) is 11.1 Å². The van der Waals surface area contributed by atoms with Gasteiger partial charge in [-0.05, 0) is 48.0 Å². The molecule has 0 aliphatic carbocycles. The average Bonchev–Trinajstić information content (AvgIpc) is 3.19. The van der Waals surface area contributed by atoms with E-state index in [1.807, 2.05) is 0 Å². The molecule has 2 aliphatic rings. The first-order chi connectivity index (χ1) is 27.2. The number of aliphatic hydroxyl groups is 6. The Kier molecular flexibility index (Phi) is 12.2. The van der Waals surface area contributed by atoms with Crippen LogP contribution in [-0.2, 0) is 23.7 Å². The molecule has 0 bridgehead atoms. The number of hydrogen-bond acceptors (Lipinski definition) is 19. The van der Waals surface area contributed by atoms with Gasteiger partial charge in [-0.15, -0.1) is 0 Å². The summed E-state index contributed by atoms with van der Waals surface area (Å²) in [7, 11) is 2.63. The van der Waals surface area contributed by atoms with Crippen molar-refractivity contribution in [1.82, 2.24) is 0 Å². The number of esters is 1. The van der Waals surface area contributed by atoms with E-state index < -0.39 is 108 Å². The molecule has 306 valence electrons. The molecule has 2 aliphatic heterocycles. The summed E-state index contributed by atoms with van der Waals surface area (Å²) in [4.78, 5) is 26.0. The quantitative estimate of drug-likeness (QED) is 0.0700. The van der Waals surface area contributed by atoms with Crippen molar-refractivity contribution in [3.8, 4) is 45.8 Å². The van der Waals surface area contributed by atoms with Gasteiger partial charge in [-0.2, -0.15) is 0 Å². The van der Waals surface area contributed by atoms with Gasteiger partial charge in [0.25, 0.3) is 0 Å². The van der Waals surface area contributed by atoms with Crippen LogP contribution in [0.2, 0.25) is 0 Å². The lowest BCUT2D eigenvalue weighted by Crippen LogP contribution is -2.63. The molecule has 2 saturated heterocycles. The standard InChI is InChI=1S/C38H40O19/c1-51-22-9-15(10-23(52-2)29(22)44)3-8-26(43)53-14-25-31(46)33(48)35(50)38(56-25)57-37-34(49)30(45)24(13-39)55-36(37)28-19(42)12-21-27(32(28)47)18(41)11-20(54-21)16-4-6-17(40)7-5-16/h3-12,24-25,30-31,33-40,42,44-50H,13-14H2,1-2H3/b8-3+/t24-,25-,30-,31+,33+,34+,35-,36+,37-,38+/m1/s1. The van der Waals surface area contributed by atoms with Gasteiger partial charge < -0.3 is 83.9 Å². The Labute approximate surface area is 321 Å². The topological polar surface area (TPSA) is 305 Å². The van der Waals surface area contributed by atoms with Gasteiger partial charge in [0.15, 0.2) is 23.2 Å². The van der Waals surface area contributed by atoms with Crippen LogP contribution >= 0.6 is 0 Å². The minimum absolute atomic E-state index is 0.0205. The number of rotatable bonds is 11. The van der Waals surface area contributed by atoms with Crippen molar-refractivity contribution in [1.29, 1.82) is 0 Å². The summed E-state index contributed by atoms with van der Waals surface area (Å²) in [5, 5.41) is 106. The van der Waals surface area contributed by atoms with E-state index in [4.69, 9.17) is 32.8 Å². The number of ether oxygens (including phenoxy) is 6. The third kappa shape index (κ3) is 8.19. The molecule has 0 unspecified atom stereocenters. The average molecular weight is 801 g/mol. The summed E-state index contributed by atoms with van der Waals surface area (Å²) in [6, 6.07) is 10.5. The molecule has 19 nitrogen and oxygen atoms in total. The molecule has 0 spiro atoms. The normalized spacial score (nSPS) is 27.7. The first-order valence-electron chi connectivity index (χ1n) is 17.3. The molecule has 3 aromatic carbocycles. The van der Waals surface area contributed by atoms with Crippen LogP contribution in [-0.4, -0.2) is 140 Å². The Bertz CT molecular complexity index is 2140. The van der Waals surface area contributed by atoms with E-state index >= 15 is 0 Å². The molecular weight excluding hydrogens is 760 g/mol. The molecule has 10 N–H and O–H groups in total. The minimum Gasteiger partial charge on any atom is -0.508 e. The summed E-state index contributed by atoms with van der Waals surface area (Å²) < 4.78 is 38.4. The Morgan fingerprint density at radius 2 is 1.44 bits per heavy atom. The smallest absolute Gasteiger partial charge is 0.330 e. The van der Waals surface area contributed by atoms with Crippen LogP contribution in [0.25, 0.3) is 28.4 Å². The second kappa shape index (κ2) is 16.9. The Hall–Kier alpha value is -5.48. The van der Waals surface area contributed by atoms with Crippen molar-refractivity contribution in [2.75, 3.05) is 27.4 Å². The van der Waals surface area contributed by atoms with Crippen molar-refractivity contribution in [3.05, 3.63) is 76.0 Å². The molecule has 4 aromatic rings. The third-order valence-corrected chi connectivity index (χ3v) is 9.58. The number of carbonyl (C=O) groups is 1. The summed E-state index contributed by atoms with van der Waals surface area (Å²) in [6.45, 7) is -1.59. The van der Waals surface area contributed by atoms with Crippen molar-refractivity contribution < 1.29 is 88.7 Å². The van der Waals surface area contributed by atoms with E-state index in [1.165, 1.54) is 56.7 Å². The molecule has 19 heteroatoms. The van der Waals surface area contributed by atoms with E-state index in [2.05, 4.69) is 0 Å². The molecule has 1 aromatic heterocycles. The Morgan fingerprint density at radius 3 is 2.07 bits per heavy atom. The fourth-order valence-corrected chi connectivity index (χ4v) is 6.54. The number of phenolic OH excluding ortho intramolecular Hbond substituents is 4. The Morgan fingerprint density at radius 1 is 0.789 bits per heavy atom. The summed E-state index contributed by atoms with van der Waals surface area (Å²) >= 11 is 0. The highest BCUT2D eigenvalue weighted by atomic mass is 16.7. The number of phenols is 4. The zero-order valence-electron chi connectivity index (χ0n) is 30.1. The van der Waals surface area contributed by atoms with Gasteiger partial charge in [0.05, 0.1) is 26.4 Å². The van der Waals surface area contributed by atoms with Crippen molar-refractivity contribution in [3.63, 3.8) is 0 Å². The molecule has 57 heavy (non-hydrogen) atoms. The Balaban J connectivity index is 1.25. The maximum Gasteiger partial charge on any atom is 0.330 e. The zero-order chi connectivity index (χ0) is 41.3. The molecule has 3 heterocycles. The first-order valence-corrected chi connectivity index (χ1v) is 17.3. The van der Waals surface area contributed by atoms with Gasteiger partial charge in [0.1, 0.15) is 95.5 Å². The van der Waals surface area contributed by atoms with Crippen LogP contribution in [0.15, 0.2) is 63.8 Å². The molecule has 0 saturated carbocycles. The van der Waals surface area contributed by atoms with Crippen LogP contribution in [0, 0.1) is 0 Å². The lowest BCUT2D eigenvalue weighted by atomic mass is 9.89. The minimum atomic E-state index is -2.05. The van der Waals surface area contributed by atoms with E-state index in [1.54, 1.807) is 0 Å². The van der Waals surface area contributed by atoms with E-state index in [-0.39, 0.29) is 34.3 Å². The number of carbonyl (C=O) groups excluding carboxylic acids is 1. The maximum atomic E-state index is 13.4. The second-order valence-electron chi connectivity index (χ2n) is 13.2. The highest BCUT2D eigenvalue weighted by molar-refractivity contribution is 5.88. The third-order valence-electron chi connectivity index (χ3n) is 9.58. The van der Waals surface area contributed by atoms with Crippen LogP contribution in [0.3, 0.4) is 0 Å². The number of aromatic hydroxyl groups is 4. The molecule has 10 atom stereocenters. The number of hydrogen-bond donors (Lipinski definition) is 10. The highest BCUT2D eigenvalue weighted by Crippen LogP contribution is 2.46. The molecule has 2 fully saturated rings. The number of aliphatic hydroxyl groups excluding tert-OH is 6. The lowest BCUT2D eigenvalue weighted by Gasteiger charge is -2.46. The number of fused-ring (bicyclic) bond motifs is 1. The monoisotopic (exact) mass is 800 g/mol. The molecular formula is C38H40O19. The van der Waals surface area contributed by atoms with Gasteiger partial charge in [-0.1, -0.05) is 0 Å². The van der Waals surface area contributed by atoms with E-state index in [0.717, 1.165) is 18.2 Å². The van der Waals surface area contributed by atoms with Gasteiger partial charge >= 0.3 is 5.97 Å². The van der Waals surface area contributed by atoms with Gasteiger partial charge in [-0.25, -0.2) is 4.79 Å². The highest BCUT2D eigenvalue weighted by Gasteiger charge is 2.52. The predicted molar refractivity (Wildman–Crippen MR) is 192 cm³/mol. The summed E-state index contributed by atoms with van der Waals surface area (Å²) in [5.41, 5.74) is -0.885. The van der Waals surface area contributed by atoms with Crippen LogP contribution in [0.5, 0.6) is 34.5 Å². The fraction of sp³-hybridized carbons (Fsp3) is 0.368. The van der Waals surface area contributed by atoms with Crippen LogP contribution in [0.4, 0.5) is 0 Å². The van der Waals surface area contributed by atoms with Crippen molar-refractivity contribution >= 4 is 23.0 Å². The van der Waals surface area contributed by atoms with Crippen LogP contribution in [0.1, 0.15) is 17.2 Å². The molecule has 6 rings (SSSR count). The van der Waals surface area contributed by atoms with Gasteiger partial charge in [0, 0.05) is 23.8 Å². The summed E-state index contributed by atoms with van der Waals surface area (Å²) in [5.74, 6) is -2.76. The van der Waals surface area contributed by atoms with Crippen LogP contribution < -0.4 is 14.9 Å². The molecule has 0 amide bonds. The fourth-order valence-electron chi connectivity index (χ4n) is 6.54. The van der Waals surface area contributed by atoms with Gasteiger partial charge in [0.2, 0.25) is 5.75 Å². The first kappa shape index (κ1) is 41.2. The van der Waals surface area contributed by atoms with Crippen molar-refractivity contribution in [2.24, 2.45) is 0 Å². The second-order valence-corrected chi connectivity index (χ2v) is 13.2. The summed E-state index contributed by atoms with van der Waals surface area (Å²) in [6.07, 6.45) is -16.3. The SMILES string of the molecule is COc1cc(/C=C/C(=O)OC[C@H]2O[C@@H](O[C@@H]3[C@@H](O)[C@H](O)[C@@H](CO)O[C@H]3c3c(O)cc4oc(-c5ccc(O)cc5)cc(=O)c4c3O)[C@H](O)[C@@H](O)[C@H]2O)cc(OC)c1O. The zero-order valence-corrected chi connectivity index (χ0v) is 30.1. The van der Waals surface area contributed by atoms with Gasteiger partial charge in [-0.3, -0.25) is 4.79 Å². The number of benzene rings is 3. The maximum absolute atomic E-state index is 13.4. The van der Waals surface area contributed by atoms with E-state index in [9.17, 15) is 60.7 Å². The largest absolute Gasteiger partial charge is 0.508 e. The molecule has 0 radical (unpaired) electrons.